The number of nitrogens with zero attached hydrogens (tertiary/aromatic N) is 2. The van der Waals surface area contributed by atoms with Gasteiger partial charge in [0.05, 0.1) is 5.69 Å². The van der Waals surface area contributed by atoms with E-state index in [-0.39, 0.29) is 16.3 Å². The predicted molar refractivity (Wildman–Crippen MR) is 76.1 cm³/mol. The third-order valence-electron chi connectivity index (χ3n) is 2.75. The Hall–Kier alpha value is -2.61. The van der Waals surface area contributed by atoms with Crippen molar-refractivity contribution < 1.29 is 13.6 Å². The van der Waals surface area contributed by atoms with Gasteiger partial charge in [0.1, 0.15) is 15.2 Å². The third-order valence-corrected chi connectivity index (χ3v) is 3.85. The Balaban J connectivity index is 1.93. The SMILES string of the molecule is Nc1c(C(=O)Nc2ccc(F)c(F)c2)sc2nccnc12. The van der Waals surface area contributed by atoms with E-state index in [2.05, 4.69) is 15.3 Å². The Bertz CT molecular complexity index is 849. The van der Waals surface area contributed by atoms with Crippen molar-refractivity contribution in [1.29, 1.82) is 0 Å². The van der Waals surface area contributed by atoms with Crippen molar-refractivity contribution >= 4 is 39.0 Å². The van der Waals surface area contributed by atoms with Gasteiger partial charge in [-0.2, -0.15) is 0 Å². The van der Waals surface area contributed by atoms with Gasteiger partial charge in [-0.25, -0.2) is 18.7 Å². The van der Waals surface area contributed by atoms with Crippen LogP contribution in [0.3, 0.4) is 0 Å². The molecule has 0 atom stereocenters. The highest BCUT2D eigenvalue weighted by Crippen LogP contribution is 2.31. The van der Waals surface area contributed by atoms with Crippen molar-refractivity contribution in [1.82, 2.24) is 9.97 Å². The maximum absolute atomic E-state index is 13.1. The Morgan fingerprint density at radius 2 is 1.95 bits per heavy atom. The van der Waals surface area contributed by atoms with Gasteiger partial charge in [-0.15, -0.1) is 11.3 Å². The summed E-state index contributed by atoms with van der Waals surface area (Å²) in [5, 5.41) is 2.46. The number of anilines is 2. The van der Waals surface area contributed by atoms with Crippen LogP contribution in [0.5, 0.6) is 0 Å². The van der Waals surface area contributed by atoms with Crippen molar-refractivity contribution in [2.45, 2.75) is 0 Å². The van der Waals surface area contributed by atoms with Crippen LogP contribution in [-0.4, -0.2) is 15.9 Å². The molecule has 1 aromatic carbocycles. The van der Waals surface area contributed by atoms with Gasteiger partial charge in [-0.3, -0.25) is 4.79 Å². The lowest BCUT2D eigenvalue weighted by atomic mass is 10.3. The summed E-state index contributed by atoms with van der Waals surface area (Å²) in [5.41, 5.74) is 6.65. The van der Waals surface area contributed by atoms with E-state index in [1.807, 2.05) is 0 Å². The van der Waals surface area contributed by atoms with Crippen LogP contribution in [0.2, 0.25) is 0 Å². The van der Waals surface area contributed by atoms with Crippen molar-refractivity contribution in [3.8, 4) is 0 Å². The summed E-state index contributed by atoms with van der Waals surface area (Å²) < 4.78 is 26.0. The molecule has 3 aromatic rings. The Morgan fingerprint density at radius 1 is 1.19 bits per heavy atom. The highest BCUT2D eigenvalue weighted by Gasteiger charge is 2.18. The van der Waals surface area contributed by atoms with Gasteiger partial charge >= 0.3 is 0 Å². The molecular formula is C13H8F2N4OS. The van der Waals surface area contributed by atoms with E-state index in [1.165, 1.54) is 18.5 Å². The summed E-state index contributed by atoms with van der Waals surface area (Å²) in [6.45, 7) is 0. The number of nitrogen functional groups attached to an aromatic ring is 1. The summed E-state index contributed by atoms with van der Waals surface area (Å²) in [4.78, 5) is 21.0. The molecule has 0 radical (unpaired) electrons. The van der Waals surface area contributed by atoms with Crippen LogP contribution >= 0.6 is 11.3 Å². The molecule has 0 aliphatic heterocycles. The number of amides is 1. The summed E-state index contributed by atoms with van der Waals surface area (Å²) in [6.07, 6.45) is 2.97. The number of fused-ring (bicyclic) bond motifs is 1. The van der Waals surface area contributed by atoms with Crippen LogP contribution in [0.4, 0.5) is 20.2 Å². The topological polar surface area (TPSA) is 80.9 Å². The van der Waals surface area contributed by atoms with Crippen LogP contribution in [0, 0.1) is 11.6 Å². The number of carbonyl (C=O) groups excluding carboxylic acids is 1. The molecule has 0 unspecified atom stereocenters. The number of aromatic nitrogens is 2. The predicted octanol–water partition coefficient (Wildman–Crippen LogP) is 2.80. The van der Waals surface area contributed by atoms with Crippen molar-refractivity contribution in [2.24, 2.45) is 0 Å². The second kappa shape index (κ2) is 5.06. The van der Waals surface area contributed by atoms with Crippen LogP contribution in [0.25, 0.3) is 10.3 Å². The van der Waals surface area contributed by atoms with E-state index in [0.29, 0.717) is 10.3 Å². The standard InChI is InChI=1S/C13H8F2N4OS/c14-7-2-1-6(5-8(7)15)19-12(20)11-9(16)10-13(21-11)18-4-3-17-10/h1-5H,16H2,(H,19,20). The van der Waals surface area contributed by atoms with E-state index in [4.69, 9.17) is 5.73 Å². The van der Waals surface area contributed by atoms with Gasteiger partial charge < -0.3 is 11.1 Å². The Kier molecular flexibility index (Phi) is 3.22. The smallest absolute Gasteiger partial charge is 0.268 e. The van der Waals surface area contributed by atoms with Gasteiger partial charge in [0.15, 0.2) is 11.6 Å². The monoisotopic (exact) mass is 306 g/mol. The molecule has 106 valence electrons. The summed E-state index contributed by atoms with van der Waals surface area (Å²) in [7, 11) is 0. The first-order chi connectivity index (χ1) is 10.1. The second-order valence-corrected chi connectivity index (χ2v) is 5.14. The summed E-state index contributed by atoms with van der Waals surface area (Å²) in [5.74, 6) is -2.55. The lowest BCUT2D eigenvalue weighted by Crippen LogP contribution is -2.12. The summed E-state index contributed by atoms with van der Waals surface area (Å²) >= 11 is 1.08. The molecular weight excluding hydrogens is 298 g/mol. The van der Waals surface area contributed by atoms with E-state index in [9.17, 15) is 13.6 Å². The number of hydrogen-bond acceptors (Lipinski definition) is 5. The zero-order valence-corrected chi connectivity index (χ0v) is 11.2. The van der Waals surface area contributed by atoms with E-state index in [0.717, 1.165) is 23.5 Å². The van der Waals surface area contributed by atoms with Crippen LogP contribution < -0.4 is 11.1 Å². The number of hydrogen-bond donors (Lipinski definition) is 2. The minimum Gasteiger partial charge on any atom is -0.396 e. The van der Waals surface area contributed by atoms with E-state index >= 15 is 0 Å². The first-order valence-electron chi connectivity index (χ1n) is 5.81. The molecule has 3 rings (SSSR count). The van der Waals surface area contributed by atoms with E-state index < -0.39 is 17.5 Å². The van der Waals surface area contributed by atoms with Gasteiger partial charge in [0.2, 0.25) is 0 Å². The number of nitrogens with one attached hydrogen (secondary N) is 1. The molecule has 2 heterocycles. The quantitative estimate of drug-likeness (QED) is 0.763. The van der Waals surface area contributed by atoms with Gasteiger partial charge in [0.25, 0.3) is 5.91 Å². The lowest BCUT2D eigenvalue weighted by molar-refractivity contribution is 0.103. The normalized spacial score (nSPS) is 10.8. The average molecular weight is 306 g/mol. The van der Waals surface area contributed by atoms with E-state index in [1.54, 1.807) is 0 Å². The lowest BCUT2D eigenvalue weighted by Gasteiger charge is -2.04. The van der Waals surface area contributed by atoms with Crippen molar-refractivity contribution in [3.63, 3.8) is 0 Å². The molecule has 0 saturated heterocycles. The average Bonchev–Trinajstić information content (AvgIpc) is 2.81. The van der Waals surface area contributed by atoms with Crippen LogP contribution in [0.15, 0.2) is 30.6 Å². The number of thiophene rings is 1. The molecule has 3 N–H and O–H groups in total. The van der Waals surface area contributed by atoms with Gasteiger partial charge in [0, 0.05) is 24.1 Å². The number of halogens is 2. The third kappa shape index (κ3) is 2.40. The fourth-order valence-corrected chi connectivity index (χ4v) is 2.69. The Morgan fingerprint density at radius 3 is 2.67 bits per heavy atom. The first-order valence-corrected chi connectivity index (χ1v) is 6.63. The molecule has 2 aromatic heterocycles. The molecule has 0 saturated carbocycles. The molecule has 1 amide bonds. The largest absolute Gasteiger partial charge is 0.396 e. The maximum Gasteiger partial charge on any atom is 0.268 e. The molecule has 0 aliphatic carbocycles. The fraction of sp³-hybridized carbons (Fsp3) is 0. The zero-order valence-electron chi connectivity index (χ0n) is 10.4. The minimum atomic E-state index is -1.04. The van der Waals surface area contributed by atoms with Crippen LogP contribution in [0.1, 0.15) is 9.67 Å². The number of benzene rings is 1. The highest BCUT2D eigenvalue weighted by molar-refractivity contribution is 7.21. The molecule has 0 spiro atoms. The Labute approximate surface area is 121 Å². The van der Waals surface area contributed by atoms with Crippen LogP contribution in [-0.2, 0) is 0 Å². The molecule has 0 aliphatic rings. The highest BCUT2D eigenvalue weighted by atomic mass is 32.1. The second-order valence-electron chi connectivity index (χ2n) is 4.14. The van der Waals surface area contributed by atoms with Gasteiger partial charge in [-0.05, 0) is 12.1 Å². The zero-order chi connectivity index (χ0) is 15.0. The molecule has 0 fully saturated rings. The first kappa shape index (κ1) is 13.4. The molecule has 0 bridgehead atoms. The summed E-state index contributed by atoms with van der Waals surface area (Å²) in [6, 6.07) is 3.09. The molecule has 21 heavy (non-hydrogen) atoms. The maximum atomic E-state index is 13.1. The van der Waals surface area contributed by atoms with Gasteiger partial charge in [-0.1, -0.05) is 0 Å². The molecule has 8 heteroatoms. The molecule has 5 nitrogen and oxygen atoms in total. The fourth-order valence-electron chi connectivity index (χ4n) is 1.77. The number of nitrogens with two attached hydrogens (primary N) is 1. The van der Waals surface area contributed by atoms with Crippen molar-refractivity contribution in [2.75, 3.05) is 11.1 Å². The van der Waals surface area contributed by atoms with Crippen molar-refractivity contribution in [3.05, 3.63) is 47.1 Å². The number of rotatable bonds is 2. The minimum absolute atomic E-state index is 0.136. The number of carbonyl (C=O) groups is 1.